The first-order valence-corrected chi connectivity index (χ1v) is 8.63. The van der Waals surface area contributed by atoms with E-state index in [4.69, 9.17) is 4.74 Å². The maximum atomic E-state index is 13.3. The van der Waals surface area contributed by atoms with Crippen molar-refractivity contribution in [1.29, 1.82) is 0 Å². The number of nitrogens with one attached hydrogen (secondary N) is 2. The molecular formula is C19H23FN2O4. The number of carboxylic acid groups (broad SMARTS) is 1. The van der Waals surface area contributed by atoms with Crippen molar-refractivity contribution in [2.24, 2.45) is 5.41 Å². The summed E-state index contributed by atoms with van der Waals surface area (Å²) in [5.74, 6) is -1.81. The van der Waals surface area contributed by atoms with Gasteiger partial charge in [-0.1, -0.05) is 13.8 Å². The molecule has 1 aliphatic carbocycles. The molecule has 0 bridgehead atoms. The Morgan fingerprint density at radius 2 is 2.15 bits per heavy atom. The van der Waals surface area contributed by atoms with Gasteiger partial charge >= 0.3 is 5.97 Å². The van der Waals surface area contributed by atoms with Crippen LogP contribution in [-0.2, 0) is 20.7 Å². The number of hydrogen-bond acceptors (Lipinski definition) is 3. The Hall–Kier alpha value is -2.41. The molecule has 1 saturated carbocycles. The molecule has 0 aliphatic heterocycles. The van der Waals surface area contributed by atoms with Gasteiger partial charge in [0.15, 0.2) is 0 Å². The first kappa shape index (κ1) is 18.4. The molecule has 1 aromatic carbocycles. The molecule has 1 aliphatic rings. The van der Waals surface area contributed by atoms with Gasteiger partial charge in [-0.15, -0.1) is 0 Å². The van der Waals surface area contributed by atoms with Gasteiger partial charge in [0, 0.05) is 35.5 Å². The van der Waals surface area contributed by atoms with Crippen LogP contribution in [0.1, 0.15) is 32.8 Å². The predicted octanol–water partition coefficient (Wildman–Crippen LogP) is 2.62. The number of benzene rings is 1. The van der Waals surface area contributed by atoms with Crippen LogP contribution in [0.3, 0.4) is 0 Å². The standard InChI is InChI=1S/C19H23FN2O4/c1-4-26-15-9-19(17(24)25,18(15,2)3)22-16(23)7-11-10-21-14-8-12(20)5-6-13(11)14/h5-6,8,10,15,21H,4,7,9H2,1-3H3,(H,22,23)(H,24,25). The molecule has 7 heteroatoms. The number of hydrogen-bond donors (Lipinski definition) is 3. The highest BCUT2D eigenvalue weighted by molar-refractivity contribution is 5.93. The summed E-state index contributed by atoms with van der Waals surface area (Å²) < 4.78 is 18.9. The van der Waals surface area contributed by atoms with Crippen molar-refractivity contribution < 1.29 is 23.8 Å². The van der Waals surface area contributed by atoms with Gasteiger partial charge in [0.2, 0.25) is 5.91 Å². The quantitative estimate of drug-likeness (QED) is 0.737. The molecule has 1 aromatic heterocycles. The number of aromatic nitrogens is 1. The zero-order chi connectivity index (χ0) is 19.1. The van der Waals surface area contributed by atoms with E-state index in [-0.39, 0.29) is 30.7 Å². The first-order chi connectivity index (χ1) is 12.2. The second-order valence-corrected chi connectivity index (χ2v) is 7.31. The summed E-state index contributed by atoms with van der Waals surface area (Å²) in [6, 6.07) is 4.30. The van der Waals surface area contributed by atoms with Gasteiger partial charge in [0.1, 0.15) is 11.4 Å². The minimum atomic E-state index is -1.36. The molecule has 1 heterocycles. The van der Waals surface area contributed by atoms with E-state index in [1.807, 2.05) is 6.92 Å². The Bertz CT molecular complexity index is 860. The fraction of sp³-hybridized carbons (Fsp3) is 0.474. The lowest BCUT2D eigenvalue weighted by atomic mass is 9.54. The number of ether oxygens (including phenoxy) is 1. The number of fused-ring (bicyclic) bond motifs is 1. The summed E-state index contributed by atoms with van der Waals surface area (Å²) in [6.45, 7) is 5.93. The van der Waals surface area contributed by atoms with Crippen molar-refractivity contribution in [3.8, 4) is 0 Å². The molecular weight excluding hydrogens is 339 g/mol. The number of aliphatic carboxylic acids is 1. The SMILES string of the molecule is CCOC1CC(NC(=O)Cc2c[nH]c3cc(F)ccc23)(C(=O)O)C1(C)C. The van der Waals surface area contributed by atoms with Crippen LogP contribution in [-0.4, -0.2) is 40.2 Å². The molecule has 6 nitrogen and oxygen atoms in total. The van der Waals surface area contributed by atoms with Crippen LogP contribution in [0.4, 0.5) is 4.39 Å². The van der Waals surface area contributed by atoms with Crippen LogP contribution in [0.2, 0.25) is 0 Å². The van der Waals surface area contributed by atoms with E-state index in [2.05, 4.69) is 10.3 Å². The third kappa shape index (κ3) is 2.76. The Balaban J connectivity index is 1.78. The zero-order valence-corrected chi connectivity index (χ0v) is 15.1. The van der Waals surface area contributed by atoms with E-state index in [0.717, 1.165) is 5.39 Å². The van der Waals surface area contributed by atoms with Crippen LogP contribution in [0.25, 0.3) is 10.9 Å². The number of carbonyl (C=O) groups is 2. The summed E-state index contributed by atoms with van der Waals surface area (Å²) in [5, 5.41) is 13.2. The van der Waals surface area contributed by atoms with E-state index < -0.39 is 16.9 Å². The largest absolute Gasteiger partial charge is 0.479 e. The van der Waals surface area contributed by atoms with Gasteiger partial charge in [-0.05, 0) is 30.7 Å². The fourth-order valence-electron chi connectivity index (χ4n) is 3.80. The van der Waals surface area contributed by atoms with Crippen molar-refractivity contribution in [2.75, 3.05) is 6.61 Å². The molecule has 2 atom stereocenters. The van der Waals surface area contributed by atoms with E-state index in [0.29, 0.717) is 17.7 Å². The highest BCUT2D eigenvalue weighted by Crippen LogP contribution is 2.51. The first-order valence-electron chi connectivity index (χ1n) is 8.63. The average Bonchev–Trinajstić information content (AvgIpc) is 2.95. The monoisotopic (exact) mass is 362 g/mol. The zero-order valence-electron chi connectivity index (χ0n) is 15.1. The molecule has 140 valence electrons. The summed E-state index contributed by atoms with van der Waals surface area (Å²) in [7, 11) is 0. The van der Waals surface area contributed by atoms with Crippen LogP contribution in [0.15, 0.2) is 24.4 Å². The van der Waals surface area contributed by atoms with Crippen molar-refractivity contribution in [2.45, 2.75) is 45.3 Å². The molecule has 2 aromatic rings. The fourth-order valence-corrected chi connectivity index (χ4v) is 3.80. The molecule has 3 rings (SSSR count). The van der Waals surface area contributed by atoms with Crippen LogP contribution < -0.4 is 5.32 Å². The van der Waals surface area contributed by atoms with Gasteiger partial charge in [0.05, 0.1) is 12.5 Å². The van der Waals surface area contributed by atoms with Crippen molar-refractivity contribution in [3.05, 3.63) is 35.8 Å². The summed E-state index contributed by atoms with van der Waals surface area (Å²) in [5.41, 5.74) is -0.798. The molecule has 0 saturated heterocycles. The van der Waals surface area contributed by atoms with Gasteiger partial charge < -0.3 is 20.1 Å². The van der Waals surface area contributed by atoms with E-state index in [1.165, 1.54) is 12.1 Å². The smallest absolute Gasteiger partial charge is 0.330 e. The molecule has 0 spiro atoms. The predicted molar refractivity (Wildman–Crippen MR) is 94.3 cm³/mol. The Labute approximate surface area is 150 Å². The minimum absolute atomic E-state index is 0.00996. The van der Waals surface area contributed by atoms with Gasteiger partial charge in [-0.2, -0.15) is 0 Å². The third-order valence-corrected chi connectivity index (χ3v) is 5.56. The highest BCUT2D eigenvalue weighted by atomic mass is 19.1. The number of carbonyl (C=O) groups excluding carboxylic acids is 1. The lowest BCUT2D eigenvalue weighted by Crippen LogP contribution is -2.76. The molecule has 26 heavy (non-hydrogen) atoms. The third-order valence-electron chi connectivity index (χ3n) is 5.56. The lowest BCUT2D eigenvalue weighted by Gasteiger charge is -2.58. The Kier molecular flexibility index (Phi) is 4.52. The van der Waals surface area contributed by atoms with Gasteiger partial charge in [0.25, 0.3) is 0 Å². The van der Waals surface area contributed by atoms with E-state index >= 15 is 0 Å². The highest BCUT2D eigenvalue weighted by Gasteiger charge is 2.66. The van der Waals surface area contributed by atoms with Crippen molar-refractivity contribution in [3.63, 3.8) is 0 Å². The average molecular weight is 362 g/mol. The molecule has 1 amide bonds. The second-order valence-electron chi connectivity index (χ2n) is 7.31. The molecule has 3 N–H and O–H groups in total. The molecule has 2 unspecified atom stereocenters. The lowest BCUT2D eigenvalue weighted by molar-refractivity contribution is -0.194. The van der Waals surface area contributed by atoms with E-state index in [9.17, 15) is 19.1 Å². The second kappa shape index (κ2) is 6.39. The molecule has 0 radical (unpaired) electrons. The van der Waals surface area contributed by atoms with Crippen LogP contribution in [0.5, 0.6) is 0 Å². The van der Waals surface area contributed by atoms with Crippen molar-refractivity contribution >= 4 is 22.8 Å². The number of carboxylic acids is 1. The van der Waals surface area contributed by atoms with Crippen molar-refractivity contribution in [1.82, 2.24) is 10.3 Å². The number of amides is 1. The molecule has 1 fully saturated rings. The normalized spacial score (nSPS) is 24.2. The van der Waals surface area contributed by atoms with E-state index in [1.54, 1.807) is 26.1 Å². The van der Waals surface area contributed by atoms with Gasteiger partial charge in [-0.3, -0.25) is 4.79 Å². The summed E-state index contributed by atoms with van der Waals surface area (Å²) >= 11 is 0. The summed E-state index contributed by atoms with van der Waals surface area (Å²) in [4.78, 5) is 27.5. The number of rotatable bonds is 6. The number of aromatic amines is 1. The number of H-pyrrole nitrogens is 1. The summed E-state index contributed by atoms with van der Waals surface area (Å²) in [6.07, 6.45) is 1.66. The van der Waals surface area contributed by atoms with Gasteiger partial charge in [-0.25, -0.2) is 9.18 Å². The van der Waals surface area contributed by atoms with Crippen LogP contribution >= 0.6 is 0 Å². The Morgan fingerprint density at radius 1 is 1.42 bits per heavy atom. The maximum absolute atomic E-state index is 13.3. The minimum Gasteiger partial charge on any atom is -0.479 e. The van der Waals surface area contributed by atoms with Crippen LogP contribution in [0, 0.1) is 11.2 Å². The topological polar surface area (TPSA) is 91.4 Å². The maximum Gasteiger partial charge on any atom is 0.330 e. The Morgan fingerprint density at radius 3 is 2.77 bits per heavy atom. The number of halogens is 1.